The van der Waals surface area contributed by atoms with Gasteiger partial charge in [-0.25, -0.2) is 9.79 Å². The van der Waals surface area contributed by atoms with Crippen molar-refractivity contribution in [1.82, 2.24) is 0 Å². The lowest BCUT2D eigenvalue weighted by Crippen LogP contribution is -2.07. The third kappa shape index (κ3) is 3.95. The van der Waals surface area contributed by atoms with Gasteiger partial charge in [0.25, 0.3) is 0 Å². The Balaban J connectivity index is 1.96. The fraction of sp³-hybridized carbons (Fsp3) is 0.105. The monoisotopic (exact) mass is 389 g/mol. The van der Waals surface area contributed by atoms with Gasteiger partial charge in [0, 0.05) is 17.0 Å². The number of hydrogen-bond acceptors (Lipinski definition) is 5. The number of rotatable bonds is 4. The minimum Gasteiger partial charge on any atom is -0.426 e. The summed E-state index contributed by atoms with van der Waals surface area (Å²) >= 11 is 12.0. The summed E-state index contributed by atoms with van der Waals surface area (Å²) in [4.78, 5) is 27.9. The van der Waals surface area contributed by atoms with Crippen LogP contribution in [0.5, 0.6) is 5.75 Å². The van der Waals surface area contributed by atoms with Crippen LogP contribution in [0.1, 0.15) is 24.5 Å². The van der Waals surface area contributed by atoms with Crippen LogP contribution in [0, 0.1) is 0 Å². The molecule has 0 unspecified atom stereocenters. The number of hydrogen-bond donors (Lipinski definition) is 0. The van der Waals surface area contributed by atoms with Gasteiger partial charge in [0.2, 0.25) is 5.90 Å². The molecule has 0 amide bonds. The van der Waals surface area contributed by atoms with Crippen molar-refractivity contribution in [3.8, 4) is 5.75 Å². The Labute approximate surface area is 159 Å². The average molecular weight is 390 g/mol. The SMILES string of the molecule is CCC(=O)Oc1ccccc1/C=C1\N=C(c2ccc(Cl)cc2Cl)OC1=O. The lowest BCUT2D eigenvalue weighted by molar-refractivity contribution is -0.134. The Hall–Kier alpha value is -2.63. The molecule has 0 aliphatic carbocycles. The molecule has 0 atom stereocenters. The fourth-order valence-electron chi connectivity index (χ4n) is 2.22. The van der Waals surface area contributed by atoms with E-state index in [9.17, 15) is 9.59 Å². The molecule has 1 aliphatic rings. The molecule has 0 saturated heterocycles. The number of ether oxygens (including phenoxy) is 2. The molecule has 2 aromatic rings. The van der Waals surface area contributed by atoms with Gasteiger partial charge in [-0.1, -0.05) is 48.3 Å². The zero-order chi connectivity index (χ0) is 18.7. The van der Waals surface area contributed by atoms with Gasteiger partial charge in [0.05, 0.1) is 10.6 Å². The number of carbonyl (C=O) groups is 2. The van der Waals surface area contributed by atoms with E-state index < -0.39 is 5.97 Å². The smallest absolute Gasteiger partial charge is 0.363 e. The van der Waals surface area contributed by atoms with Crippen LogP contribution in [-0.4, -0.2) is 17.8 Å². The summed E-state index contributed by atoms with van der Waals surface area (Å²) in [7, 11) is 0. The second-order valence-corrected chi connectivity index (χ2v) is 6.17. The molecule has 0 saturated carbocycles. The quantitative estimate of drug-likeness (QED) is 0.433. The lowest BCUT2D eigenvalue weighted by Gasteiger charge is -2.06. The molecule has 0 fully saturated rings. The van der Waals surface area contributed by atoms with E-state index in [2.05, 4.69) is 4.99 Å². The van der Waals surface area contributed by atoms with Crippen LogP contribution in [0.15, 0.2) is 53.2 Å². The Bertz CT molecular complexity index is 950. The highest BCUT2D eigenvalue weighted by atomic mass is 35.5. The third-order valence-corrected chi connectivity index (χ3v) is 4.05. The predicted octanol–water partition coefficient (Wildman–Crippen LogP) is 4.65. The zero-order valence-electron chi connectivity index (χ0n) is 13.7. The van der Waals surface area contributed by atoms with Crippen molar-refractivity contribution >= 4 is 47.1 Å². The highest BCUT2D eigenvalue weighted by Gasteiger charge is 2.26. The predicted molar refractivity (Wildman–Crippen MR) is 99.4 cm³/mol. The largest absolute Gasteiger partial charge is 0.426 e. The normalized spacial score (nSPS) is 15.0. The van der Waals surface area contributed by atoms with Crippen molar-refractivity contribution in [1.29, 1.82) is 0 Å². The van der Waals surface area contributed by atoms with Crippen LogP contribution in [0.4, 0.5) is 0 Å². The van der Waals surface area contributed by atoms with E-state index in [4.69, 9.17) is 32.7 Å². The summed E-state index contributed by atoms with van der Waals surface area (Å²) in [5.41, 5.74) is 1.07. The minimum atomic E-state index is -0.623. The third-order valence-electron chi connectivity index (χ3n) is 3.51. The molecule has 0 radical (unpaired) electrons. The van der Waals surface area contributed by atoms with E-state index in [0.29, 0.717) is 26.9 Å². The number of aliphatic imine (C=N–C) groups is 1. The van der Waals surface area contributed by atoms with Crippen molar-refractivity contribution in [2.75, 3.05) is 0 Å². The summed E-state index contributed by atoms with van der Waals surface area (Å²) in [6, 6.07) is 11.6. The van der Waals surface area contributed by atoms with Gasteiger partial charge in [-0.05, 0) is 30.3 Å². The molecule has 5 nitrogen and oxygen atoms in total. The summed E-state index contributed by atoms with van der Waals surface area (Å²) in [5, 5.41) is 0.786. The molecule has 1 aliphatic heterocycles. The maximum Gasteiger partial charge on any atom is 0.363 e. The molecule has 7 heteroatoms. The number of halogens is 2. The molecule has 3 rings (SSSR count). The van der Waals surface area contributed by atoms with E-state index in [1.54, 1.807) is 43.3 Å². The minimum absolute atomic E-state index is 0.0750. The Kier molecular flexibility index (Phi) is 5.40. The molecule has 0 bridgehead atoms. The number of esters is 2. The van der Waals surface area contributed by atoms with E-state index in [-0.39, 0.29) is 24.0 Å². The van der Waals surface area contributed by atoms with E-state index in [0.717, 1.165) is 0 Å². The van der Waals surface area contributed by atoms with Crippen LogP contribution < -0.4 is 4.74 Å². The first kappa shape index (κ1) is 18.2. The summed E-state index contributed by atoms with van der Waals surface area (Å²) in [6.07, 6.45) is 1.74. The van der Waals surface area contributed by atoms with E-state index in [1.165, 1.54) is 12.1 Å². The second kappa shape index (κ2) is 7.72. The number of carbonyl (C=O) groups excluding carboxylic acids is 2. The van der Waals surface area contributed by atoms with Crippen molar-refractivity contribution in [3.05, 3.63) is 69.3 Å². The van der Waals surface area contributed by atoms with Gasteiger partial charge >= 0.3 is 11.9 Å². The highest BCUT2D eigenvalue weighted by molar-refractivity contribution is 6.37. The van der Waals surface area contributed by atoms with Crippen LogP contribution in [0.3, 0.4) is 0 Å². The van der Waals surface area contributed by atoms with Crippen LogP contribution in [0.25, 0.3) is 6.08 Å². The van der Waals surface area contributed by atoms with Crippen LogP contribution in [-0.2, 0) is 14.3 Å². The molecule has 2 aromatic carbocycles. The summed E-state index contributed by atoms with van der Waals surface area (Å²) < 4.78 is 10.5. The first-order valence-corrected chi connectivity index (χ1v) is 8.51. The van der Waals surface area contributed by atoms with Crippen LogP contribution >= 0.6 is 23.2 Å². The Morgan fingerprint density at radius 3 is 2.73 bits per heavy atom. The molecular formula is C19H13Cl2NO4. The highest BCUT2D eigenvalue weighted by Crippen LogP contribution is 2.28. The second-order valence-electron chi connectivity index (χ2n) is 5.33. The topological polar surface area (TPSA) is 65.0 Å². The standard InChI is InChI=1S/C19H13Cl2NO4/c1-2-17(23)25-16-6-4-3-5-11(16)9-15-19(24)26-18(22-15)13-8-7-12(20)10-14(13)21/h3-10H,2H2,1H3/b15-9-. The average Bonchev–Trinajstić information content (AvgIpc) is 2.96. The maximum atomic E-state index is 12.1. The van der Waals surface area contributed by atoms with Gasteiger partial charge in [-0.3, -0.25) is 4.79 Å². The van der Waals surface area contributed by atoms with E-state index in [1.807, 2.05) is 0 Å². The maximum absolute atomic E-state index is 12.1. The number of cyclic esters (lactones) is 1. The Morgan fingerprint density at radius 2 is 2.00 bits per heavy atom. The zero-order valence-corrected chi connectivity index (χ0v) is 15.2. The molecular weight excluding hydrogens is 377 g/mol. The molecule has 0 aromatic heterocycles. The fourth-order valence-corrected chi connectivity index (χ4v) is 2.71. The number of nitrogens with zero attached hydrogens (tertiary/aromatic N) is 1. The van der Waals surface area contributed by atoms with Crippen molar-refractivity contribution in [2.24, 2.45) is 4.99 Å². The summed E-state index contributed by atoms with van der Waals surface area (Å²) in [6.45, 7) is 1.70. The molecule has 0 spiro atoms. The number of para-hydroxylation sites is 1. The van der Waals surface area contributed by atoms with Crippen molar-refractivity contribution < 1.29 is 19.1 Å². The molecule has 1 heterocycles. The number of benzene rings is 2. The molecule has 0 N–H and O–H groups in total. The Morgan fingerprint density at radius 1 is 1.23 bits per heavy atom. The van der Waals surface area contributed by atoms with Crippen molar-refractivity contribution in [2.45, 2.75) is 13.3 Å². The van der Waals surface area contributed by atoms with Crippen molar-refractivity contribution in [3.63, 3.8) is 0 Å². The molecule has 26 heavy (non-hydrogen) atoms. The van der Waals surface area contributed by atoms with Gasteiger partial charge in [0.1, 0.15) is 5.75 Å². The van der Waals surface area contributed by atoms with Gasteiger partial charge in [0.15, 0.2) is 5.70 Å². The van der Waals surface area contributed by atoms with Gasteiger partial charge in [-0.2, -0.15) is 0 Å². The van der Waals surface area contributed by atoms with E-state index >= 15 is 0 Å². The van der Waals surface area contributed by atoms with Gasteiger partial charge < -0.3 is 9.47 Å². The molecule has 132 valence electrons. The first-order chi connectivity index (χ1) is 12.5. The van der Waals surface area contributed by atoms with Crippen LogP contribution in [0.2, 0.25) is 10.0 Å². The lowest BCUT2D eigenvalue weighted by atomic mass is 10.1. The summed E-state index contributed by atoms with van der Waals surface area (Å²) in [5.74, 6) is -0.566. The van der Waals surface area contributed by atoms with Gasteiger partial charge in [-0.15, -0.1) is 0 Å². The first-order valence-electron chi connectivity index (χ1n) is 7.75.